The molecule has 0 aromatic heterocycles. The number of halogens is 8. The van der Waals surface area contributed by atoms with Crippen molar-refractivity contribution in [2.45, 2.75) is 219 Å². The number of hydrogen-bond donors (Lipinski definition) is 4. The van der Waals surface area contributed by atoms with E-state index in [0.717, 1.165) is 44.9 Å². The summed E-state index contributed by atoms with van der Waals surface area (Å²) in [5, 5.41) is 34.9. The maximum atomic E-state index is 14.0. The number of carbonyl (C=O) groups excluding carboxylic acids is 2. The van der Waals surface area contributed by atoms with Crippen LogP contribution in [0.25, 0.3) is 0 Å². The maximum Gasteiger partial charge on any atom is 0.396 e. The quantitative estimate of drug-likeness (QED) is 0.0654. The average Bonchev–Trinajstić information content (AvgIpc) is 4.02. The molecule has 7 atom stereocenters. The molecule has 0 amide bonds. The van der Waals surface area contributed by atoms with Crippen LogP contribution in [-0.4, -0.2) is 116 Å². The summed E-state index contributed by atoms with van der Waals surface area (Å²) >= 11 is 0. The highest BCUT2D eigenvalue weighted by molar-refractivity contribution is 7.87. The van der Waals surface area contributed by atoms with Gasteiger partial charge in [-0.2, -0.15) is 35.1 Å². The molecule has 414 valence electrons. The van der Waals surface area contributed by atoms with E-state index in [4.69, 9.17) is 9.47 Å². The molecule has 11 saturated carbocycles. The van der Waals surface area contributed by atoms with E-state index in [1.54, 1.807) is 13.8 Å². The van der Waals surface area contributed by atoms with Gasteiger partial charge in [0.15, 0.2) is 20.2 Å². The lowest BCUT2D eigenvalue weighted by Crippen LogP contribution is -2.70. The first kappa shape index (κ1) is 56.2. The van der Waals surface area contributed by atoms with Crippen LogP contribution in [0.15, 0.2) is 0 Å². The normalized spacial score (nSPS) is 37.9. The molecule has 0 saturated heterocycles. The molecule has 8 bridgehead atoms. The second-order valence-electron chi connectivity index (χ2n) is 24.8. The zero-order chi connectivity index (χ0) is 53.5. The summed E-state index contributed by atoms with van der Waals surface area (Å²) < 4.78 is 184. The maximum absolute atomic E-state index is 14.0. The predicted molar refractivity (Wildman–Crippen MR) is 234 cm³/mol. The average molecular weight is 1090 g/mol. The van der Waals surface area contributed by atoms with Crippen molar-refractivity contribution in [3.63, 3.8) is 0 Å². The van der Waals surface area contributed by atoms with Gasteiger partial charge in [-0.05, 0) is 146 Å². The van der Waals surface area contributed by atoms with Crippen molar-refractivity contribution in [3.05, 3.63) is 0 Å². The summed E-state index contributed by atoms with van der Waals surface area (Å²) in [6, 6.07) is 0. The van der Waals surface area contributed by atoms with Gasteiger partial charge in [0.05, 0.1) is 59.8 Å². The second kappa shape index (κ2) is 17.5. The number of rotatable bonds is 16. The van der Waals surface area contributed by atoms with Crippen LogP contribution in [0.2, 0.25) is 0 Å². The van der Waals surface area contributed by atoms with Gasteiger partial charge in [0.25, 0.3) is 0 Å². The molecule has 72 heavy (non-hydrogen) atoms. The van der Waals surface area contributed by atoms with Crippen LogP contribution < -0.4 is 0 Å². The molecule has 7 unspecified atom stereocenters. The highest BCUT2D eigenvalue weighted by atomic mass is 32.2. The van der Waals surface area contributed by atoms with Crippen molar-refractivity contribution < 1.29 is 101 Å². The first-order chi connectivity index (χ1) is 32.8. The minimum Gasteiger partial charge on any atom is -0.743 e. The van der Waals surface area contributed by atoms with Gasteiger partial charge in [0.2, 0.25) is 0 Å². The molecule has 0 spiro atoms. The van der Waals surface area contributed by atoms with Crippen LogP contribution in [0.5, 0.6) is 0 Å². The first-order valence-corrected chi connectivity index (χ1v) is 28.2. The summed E-state index contributed by atoms with van der Waals surface area (Å²) in [4.78, 5) is 26.9. The Morgan fingerprint density at radius 1 is 0.583 bits per heavy atom. The molecular weight excluding hydrogens is 1020 g/mol. The summed E-state index contributed by atoms with van der Waals surface area (Å²) in [5.41, 5.74) is -8.15. The van der Waals surface area contributed by atoms with E-state index in [1.807, 2.05) is 0 Å². The number of esters is 2. The first-order valence-electron chi connectivity index (χ1n) is 25.4. The van der Waals surface area contributed by atoms with Crippen molar-refractivity contribution in [2.24, 2.45) is 50.7 Å². The Kier molecular flexibility index (Phi) is 13.7. The highest BCUT2D eigenvalue weighted by Crippen LogP contribution is 2.78. The fourth-order valence-electron chi connectivity index (χ4n) is 17.5. The van der Waals surface area contributed by atoms with Gasteiger partial charge in [0, 0.05) is 16.2 Å². The summed E-state index contributed by atoms with van der Waals surface area (Å²) in [5.74, 6) is -13.1. The molecule has 0 aromatic carbocycles. The summed E-state index contributed by atoms with van der Waals surface area (Å²) in [6.07, 6.45) is 10.3. The Bertz CT molecular complexity index is 2310. The van der Waals surface area contributed by atoms with Gasteiger partial charge < -0.3 is 39.0 Å². The lowest BCUT2D eigenvalue weighted by molar-refractivity contribution is -0.274. The van der Waals surface area contributed by atoms with Crippen LogP contribution in [-0.2, 0) is 39.3 Å². The van der Waals surface area contributed by atoms with Gasteiger partial charge in [-0.1, -0.05) is 38.5 Å². The molecule has 11 fully saturated rings. The van der Waals surface area contributed by atoms with E-state index in [2.05, 4.69) is 0 Å². The molecule has 0 aliphatic heterocycles. The lowest BCUT2D eigenvalue weighted by atomic mass is 9.34. The zero-order valence-corrected chi connectivity index (χ0v) is 42.2. The van der Waals surface area contributed by atoms with E-state index < -0.39 is 136 Å². The number of hydrogen-bond acceptors (Lipinski definition) is 14. The smallest absolute Gasteiger partial charge is 0.396 e. The number of aliphatic hydroxyl groups is 4. The molecule has 4 N–H and O–H groups in total. The van der Waals surface area contributed by atoms with Crippen molar-refractivity contribution in [1.82, 2.24) is 0 Å². The topological polar surface area (TPSA) is 248 Å². The van der Waals surface area contributed by atoms with E-state index in [0.29, 0.717) is 89.9 Å². The number of carbonyl (C=O) groups is 2. The molecule has 0 radical (unpaired) electrons. The molecule has 11 aliphatic carbocycles. The Morgan fingerprint density at radius 3 is 1.44 bits per heavy atom. The summed E-state index contributed by atoms with van der Waals surface area (Å²) in [6.45, 7) is 1.07. The largest absolute Gasteiger partial charge is 0.743 e. The molecule has 14 nitrogen and oxygen atoms in total. The molecule has 0 aromatic rings. The van der Waals surface area contributed by atoms with E-state index in [1.165, 1.54) is 0 Å². The number of ether oxygens (including phenoxy) is 2. The SMILES string of the molecule is CC(C)(O)C12CC3CC(C1)C(C(=O)OCCC(F)(F)C(F)(F)S(=O)(=O)[O-])C(C1(O)CCCC1)(C3)C2.O=C(OCCC(F)(F)C(F)(F)S(=O)(=O)[O-])C12CC3CC(C4(O)CCCC4)(C1)CC(C1(O)CCCC1)(C3)C2. The standard InChI is InChI=1S/C25H36F4O7S.C23H34F4O7S/c26-24(27,25(28,29)37(33,34)35)9-10-36-18(30)19-11-17-12-20(14-19,22(31)5-1-2-6-22)16-21(13-17,15-19)23(32)7-3-4-8-23;1-18(2,29)19-10-14-9-15(12-19)16(20(11-14,13-19)21(30)5-3-4-6-21)17(28)34-8-7-22(24,25)23(26,27)35(31,32)33/h17,31-32H,1-16H2,(H,33,34,35);14-16,29-30H,3-13H2,1-2H3,(H,31,32,33)/p-2. The molecule has 11 rings (SSSR count). The van der Waals surface area contributed by atoms with E-state index in [9.17, 15) is 91.1 Å². The third-order valence-corrected chi connectivity index (χ3v) is 22.2. The predicted octanol–water partition coefficient (Wildman–Crippen LogP) is 7.84. The minimum absolute atomic E-state index is 0.0226. The molecule has 0 heterocycles. The van der Waals surface area contributed by atoms with Crippen LogP contribution in [0.3, 0.4) is 0 Å². The zero-order valence-electron chi connectivity index (χ0n) is 40.6. The Balaban J connectivity index is 0.000000193. The van der Waals surface area contributed by atoms with E-state index in [-0.39, 0.29) is 30.6 Å². The lowest BCUT2D eigenvalue weighted by Gasteiger charge is -2.71. The van der Waals surface area contributed by atoms with Crippen LogP contribution in [0, 0.1) is 50.7 Å². The van der Waals surface area contributed by atoms with Crippen molar-refractivity contribution in [2.75, 3.05) is 13.2 Å². The fourth-order valence-corrected chi connectivity index (χ4v) is 18.5. The highest BCUT2D eigenvalue weighted by Gasteiger charge is 2.76. The third kappa shape index (κ3) is 8.56. The van der Waals surface area contributed by atoms with Crippen molar-refractivity contribution in [1.29, 1.82) is 0 Å². The van der Waals surface area contributed by atoms with Gasteiger partial charge in [-0.3, -0.25) is 9.59 Å². The Hall–Kier alpha value is -1.96. The van der Waals surface area contributed by atoms with Crippen molar-refractivity contribution in [3.8, 4) is 0 Å². The van der Waals surface area contributed by atoms with Gasteiger partial charge in [-0.15, -0.1) is 0 Å². The second-order valence-corrected chi connectivity index (χ2v) is 27.7. The van der Waals surface area contributed by atoms with Crippen LogP contribution in [0.1, 0.15) is 174 Å². The molecule has 24 heteroatoms. The third-order valence-electron chi connectivity index (χ3n) is 20.4. The molecule has 11 aliphatic rings. The van der Waals surface area contributed by atoms with Crippen molar-refractivity contribution >= 4 is 32.2 Å². The van der Waals surface area contributed by atoms with Gasteiger partial charge >= 0.3 is 34.3 Å². The minimum atomic E-state index is -6.63. The summed E-state index contributed by atoms with van der Waals surface area (Å²) in [7, 11) is -13.3. The monoisotopic (exact) mass is 1080 g/mol. The number of alkyl halides is 8. The van der Waals surface area contributed by atoms with E-state index >= 15 is 0 Å². The van der Waals surface area contributed by atoms with Crippen LogP contribution >= 0.6 is 0 Å². The van der Waals surface area contributed by atoms with Gasteiger partial charge in [-0.25, -0.2) is 16.8 Å². The Labute approximate surface area is 414 Å². The van der Waals surface area contributed by atoms with Crippen LogP contribution in [0.4, 0.5) is 35.1 Å². The fraction of sp³-hybridized carbons (Fsp3) is 0.958. The molecular formula is C48H68F8O14S2-2. The van der Waals surface area contributed by atoms with Gasteiger partial charge in [0.1, 0.15) is 0 Å². The Morgan fingerprint density at radius 2 is 1.01 bits per heavy atom.